The molecule has 2 unspecified atom stereocenters. The summed E-state index contributed by atoms with van der Waals surface area (Å²) in [5, 5.41) is 6.94. The van der Waals surface area contributed by atoms with E-state index in [2.05, 4.69) is 38.4 Å². The van der Waals surface area contributed by atoms with Crippen LogP contribution in [0.4, 0.5) is 0 Å². The van der Waals surface area contributed by atoms with E-state index >= 15 is 0 Å². The van der Waals surface area contributed by atoms with Gasteiger partial charge in [0, 0.05) is 30.5 Å². The molecule has 4 heteroatoms. The molecule has 0 bridgehead atoms. The van der Waals surface area contributed by atoms with Crippen LogP contribution in [0.5, 0.6) is 0 Å². The van der Waals surface area contributed by atoms with Crippen molar-refractivity contribution in [3.05, 3.63) is 16.1 Å². The third-order valence-corrected chi connectivity index (χ3v) is 4.97. The molecule has 1 saturated heterocycles. The van der Waals surface area contributed by atoms with E-state index in [0.717, 1.165) is 26.1 Å². The van der Waals surface area contributed by atoms with Gasteiger partial charge in [0.2, 0.25) is 0 Å². The highest BCUT2D eigenvalue weighted by molar-refractivity contribution is 7.09. The van der Waals surface area contributed by atoms with Crippen molar-refractivity contribution in [3.8, 4) is 0 Å². The van der Waals surface area contributed by atoms with Crippen LogP contribution in [0.1, 0.15) is 51.2 Å². The van der Waals surface area contributed by atoms with Gasteiger partial charge in [-0.3, -0.25) is 0 Å². The molecule has 19 heavy (non-hydrogen) atoms. The van der Waals surface area contributed by atoms with E-state index in [0.29, 0.717) is 12.0 Å². The summed E-state index contributed by atoms with van der Waals surface area (Å²) < 4.78 is 5.71. The number of nitrogens with one attached hydrogen (secondary N) is 1. The molecular weight excluding hydrogens is 256 g/mol. The molecule has 2 rings (SSSR count). The lowest BCUT2D eigenvalue weighted by atomic mass is 9.98. The first-order valence-corrected chi connectivity index (χ1v) is 8.16. The number of nitrogens with zero attached hydrogens (tertiary/aromatic N) is 1. The zero-order valence-corrected chi connectivity index (χ0v) is 13.3. The number of thiazole rings is 1. The number of rotatable bonds is 5. The zero-order valence-electron chi connectivity index (χ0n) is 12.5. The molecule has 108 valence electrons. The standard InChI is InChI=1S/C15H26N2OS/c1-5-13-11(6-7-18-13)8-16-9-12-10-19-14(17-12)15(2,3)4/h10-11,13,16H,5-9H2,1-4H3. The van der Waals surface area contributed by atoms with Gasteiger partial charge in [0.1, 0.15) is 0 Å². The summed E-state index contributed by atoms with van der Waals surface area (Å²) in [5.41, 5.74) is 1.33. The fourth-order valence-corrected chi connectivity index (χ4v) is 3.40. The van der Waals surface area contributed by atoms with E-state index in [1.807, 2.05) is 0 Å². The molecule has 0 aromatic carbocycles. The van der Waals surface area contributed by atoms with Crippen LogP contribution in [0.3, 0.4) is 0 Å². The predicted molar refractivity (Wildman–Crippen MR) is 80.7 cm³/mol. The highest BCUT2D eigenvalue weighted by Crippen LogP contribution is 2.26. The summed E-state index contributed by atoms with van der Waals surface area (Å²) in [4.78, 5) is 4.71. The molecule has 2 heterocycles. The number of hydrogen-bond acceptors (Lipinski definition) is 4. The molecule has 1 fully saturated rings. The minimum absolute atomic E-state index is 0.162. The molecule has 0 saturated carbocycles. The van der Waals surface area contributed by atoms with Crippen molar-refractivity contribution in [3.63, 3.8) is 0 Å². The molecule has 2 atom stereocenters. The van der Waals surface area contributed by atoms with Gasteiger partial charge >= 0.3 is 0 Å². The molecule has 1 aromatic heterocycles. The minimum Gasteiger partial charge on any atom is -0.378 e. The summed E-state index contributed by atoms with van der Waals surface area (Å²) >= 11 is 1.77. The highest BCUT2D eigenvalue weighted by atomic mass is 32.1. The maximum absolute atomic E-state index is 5.71. The Morgan fingerprint density at radius 1 is 1.47 bits per heavy atom. The lowest BCUT2D eigenvalue weighted by molar-refractivity contribution is 0.0872. The fraction of sp³-hybridized carbons (Fsp3) is 0.800. The smallest absolute Gasteiger partial charge is 0.0982 e. The van der Waals surface area contributed by atoms with Crippen molar-refractivity contribution in [2.24, 2.45) is 5.92 Å². The van der Waals surface area contributed by atoms with Gasteiger partial charge in [-0.15, -0.1) is 11.3 Å². The van der Waals surface area contributed by atoms with Gasteiger partial charge in [0.25, 0.3) is 0 Å². The third kappa shape index (κ3) is 4.01. The summed E-state index contributed by atoms with van der Waals surface area (Å²) in [7, 11) is 0. The van der Waals surface area contributed by atoms with Gasteiger partial charge in [-0.25, -0.2) is 4.98 Å². The normalized spacial score (nSPS) is 24.0. The van der Waals surface area contributed by atoms with E-state index in [1.54, 1.807) is 11.3 Å². The molecule has 0 spiro atoms. The number of ether oxygens (including phenoxy) is 1. The molecule has 1 N–H and O–H groups in total. The Bertz CT molecular complexity index is 397. The van der Waals surface area contributed by atoms with Crippen molar-refractivity contribution in [1.82, 2.24) is 10.3 Å². The molecule has 1 aliphatic heterocycles. The summed E-state index contributed by atoms with van der Waals surface area (Å²) in [6.07, 6.45) is 2.76. The third-order valence-electron chi connectivity index (χ3n) is 3.65. The predicted octanol–water partition coefficient (Wildman–Crippen LogP) is 3.35. The van der Waals surface area contributed by atoms with Crippen LogP contribution in [-0.4, -0.2) is 24.2 Å². The fourth-order valence-electron chi connectivity index (χ4n) is 2.50. The quantitative estimate of drug-likeness (QED) is 0.899. The first-order chi connectivity index (χ1) is 9.00. The molecule has 0 aliphatic carbocycles. The lowest BCUT2D eigenvalue weighted by Crippen LogP contribution is -2.28. The Labute approximate surface area is 120 Å². The van der Waals surface area contributed by atoms with Crippen molar-refractivity contribution in [2.45, 2.75) is 58.6 Å². The van der Waals surface area contributed by atoms with Crippen molar-refractivity contribution in [1.29, 1.82) is 0 Å². The van der Waals surface area contributed by atoms with Crippen LogP contribution in [0.2, 0.25) is 0 Å². The summed E-state index contributed by atoms with van der Waals surface area (Å²) in [6, 6.07) is 0. The molecule has 1 aromatic rings. The Morgan fingerprint density at radius 2 is 2.26 bits per heavy atom. The van der Waals surface area contributed by atoms with Gasteiger partial charge < -0.3 is 10.1 Å². The Hall–Kier alpha value is -0.450. The summed E-state index contributed by atoms with van der Waals surface area (Å²) in [6.45, 7) is 11.7. The topological polar surface area (TPSA) is 34.1 Å². The van der Waals surface area contributed by atoms with Gasteiger partial charge in [-0.2, -0.15) is 0 Å². The van der Waals surface area contributed by atoms with E-state index in [-0.39, 0.29) is 5.41 Å². The second-order valence-corrected chi connectivity index (χ2v) is 7.25. The Kier molecular flexibility index (Phi) is 4.98. The van der Waals surface area contributed by atoms with E-state index in [4.69, 9.17) is 9.72 Å². The van der Waals surface area contributed by atoms with Crippen molar-refractivity contribution >= 4 is 11.3 Å². The zero-order chi connectivity index (χ0) is 13.9. The van der Waals surface area contributed by atoms with Gasteiger partial charge in [-0.1, -0.05) is 27.7 Å². The second-order valence-electron chi connectivity index (χ2n) is 6.39. The largest absolute Gasteiger partial charge is 0.378 e. The average molecular weight is 282 g/mol. The Morgan fingerprint density at radius 3 is 2.89 bits per heavy atom. The van der Waals surface area contributed by atoms with Crippen LogP contribution in [-0.2, 0) is 16.7 Å². The van der Waals surface area contributed by atoms with Crippen LogP contribution in [0, 0.1) is 5.92 Å². The highest BCUT2D eigenvalue weighted by Gasteiger charge is 2.26. The van der Waals surface area contributed by atoms with Gasteiger partial charge in [0.05, 0.1) is 16.8 Å². The Balaban J connectivity index is 1.78. The molecule has 1 aliphatic rings. The minimum atomic E-state index is 0.162. The second kappa shape index (κ2) is 6.33. The van der Waals surface area contributed by atoms with E-state index in [1.165, 1.54) is 17.1 Å². The van der Waals surface area contributed by atoms with Crippen molar-refractivity contribution < 1.29 is 4.74 Å². The van der Waals surface area contributed by atoms with Gasteiger partial charge in [0.15, 0.2) is 0 Å². The van der Waals surface area contributed by atoms with Crippen LogP contribution in [0.25, 0.3) is 0 Å². The maximum atomic E-state index is 5.71. The van der Waals surface area contributed by atoms with Gasteiger partial charge in [-0.05, 0) is 18.8 Å². The van der Waals surface area contributed by atoms with Crippen molar-refractivity contribution in [2.75, 3.05) is 13.2 Å². The number of aromatic nitrogens is 1. The first-order valence-electron chi connectivity index (χ1n) is 7.28. The molecular formula is C15H26N2OS. The lowest BCUT2D eigenvalue weighted by Gasteiger charge is -2.17. The van der Waals surface area contributed by atoms with Crippen LogP contribution < -0.4 is 5.32 Å². The molecule has 0 amide bonds. The summed E-state index contributed by atoms with van der Waals surface area (Å²) in [5.74, 6) is 0.672. The van der Waals surface area contributed by atoms with E-state index < -0.39 is 0 Å². The monoisotopic (exact) mass is 282 g/mol. The average Bonchev–Trinajstić information content (AvgIpc) is 2.96. The van der Waals surface area contributed by atoms with E-state index in [9.17, 15) is 0 Å². The SMILES string of the molecule is CCC1OCCC1CNCc1csc(C(C)(C)C)n1. The molecule has 3 nitrogen and oxygen atoms in total. The van der Waals surface area contributed by atoms with Crippen LogP contribution in [0.15, 0.2) is 5.38 Å². The molecule has 0 radical (unpaired) electrons. The first kappa shape index (κ1) is 14.9. The number of hydrogen-bond donors (Lipinski definition) is 1. The maximum Gasteiger partial charge on any atom is 0.0982 e. The van der Waals surface area contributed by atoms with Crippen LogP contribution >= 0.6 is 11.3 Å².